The Morgan fingerprint density at radius 1 is 0.267 bits per heavy atom. The van der Waals surface area contributed by atoms with Gasteiger partial charge in [-0.1, -0.05) is 249 Å². The van der Waals surface area contributed by atoms with Gasteiger partial charge in [-0.2, -0.15) is 0 Å². The van der Waals surface area contributed by atoms with Crippen molar-refractivity contribution >= 4 is 17.9 Å². The molecule has 0 aliphatic carbocycles. The van der Waals surface area contributed by atoms with E-state index >= 15 is 0 Å². The lowest BCUT2D eigenvalue weighted by Crippen LogP contribution is -2.30. The fraction of sp³-hybridized carbons (Fsp3) is 0.580. The molecule has 0 saturated carbocycles. The van der Waals surface area contributed by atoms with E-state index < -0.39 is 6.10 Å². The number of ether oxygens (including phenoxy) is 3. The van der Waals surface area contributed by atoms with Gasteiger partial charge in [0.1, 0.15) is 13.2 Å². The molecule has 0 fully saturated rings. The first-order chi connectivity index (χ1) is 37.0. The van der Waals surface area contributed by atoms with E-state index in [4.69, 9.17) is 14.2 Å². The number of allylic oxidation sites excluding steroid dienone is 26. The molecule has 6 nitrogen and oxygen atoms in total. The van der Waals surface area contributed by atoms with Gasteiger partial charge in [-0.15, -0.1) is 0 Å². The molecule has 1 atom stereocenters. The van der Waals surface area contributed by atoms with Gasteiger partial charge in [0.05, 0.1) is 0 Å². The number of esters is 3. The molecule has 0 N–H and O–H groups in total. The van der Waals surface area contributed by atoms with Crippen LogP contribution in [0.2, 0.25) is 0 Å². The van der Waals surface area contributed by atoms with Crippen LogP contribution in [-0.4, -0.2) is 37.2 Å². The second-order valence-corrected chi connectivity index (χ2v) is 19.1. The first kappa shape index (κ1) is 70.0. The lowest BCUT2D eigenvalue weighted by atomic mass is 10.0. The van der Waals surface area contributed by atoms with E-state index in [0.29, 0.717) is 19.3 Å². The predicted octanol–water partition coefficient (Wildman–Crippen LogP) is 20.5. The van der Waals surface area contributed by atoms with E-state index in [2.05, 4.69) is 167 Å². The number of carbonyl (C=O) groups excluding carboxylic acids is 3. The van der Waals surface area contributed by atoms with Gasteiger partial charge in [-0.3, -0.25) is 14.4 Å². The summed E-state index contributed by atoms with van der Waals surface area (Å²) in [6.45, 7) is 6.18. The summed E-state index contributed by atoms with van der Waals surface area (Å²) in [7, 11) is 0. The van der Waals surface area contributed by atoms with E-state index in [1.165, 1.54) is 70.6 Å². The minimum absolute atomic E-state index is 0.123. The standard InChI is InChI=1S/C69H108O6/c1-4-7-10-13-16-19-22-25-27-28-29-30-31-32-33-34-35-36-37-38-39-40-42-44-47-50-53-56-59-62-68(71)74-65-66(64-73-67(70)61-58-55-52-49-46-43-24-21-18-15-12-9-6-3)75-69(72)63-60-57-54-51-48-45-41-26-23-20-17-14-11-8-5-2/h7-12,16-21,25-27,29-30,32-33,41,43,46,48,51-52,55,66H,4-6,13-15,22-24,28,31,34-40,42,44-45,47,49-50,53-54,56-65H2,1-3H3/b10-7-,11-8-,12-9-,19-16-,20-17-,21-18-,27-25-,30-29-,33-32-,41-26-,46-43-,51-48-,55-52-. The number of hydrogen-bond donors (Lipinski definition) is 0. The smallest absolute Gasteiger partial charge is 0.306 e. The van der Waals surface area contributed by atoms with E-state index in [9.17, 15) is 14.4 Å². The average molecular weight is 1030 g/mol. The Kier molecular flexibility index (Phi) is 57.5. The van der Waals surface area contributed by atoms with E-state index in [-0.39, 0.29) is 44.0 Å². The van der Waals surface area contributed by atoms with Crippen LogP contribution in [0.4, 0.5) is 0 Å². The van der Waals surface area contributed by atoms with Crippen molar-refractivity contribution in [1.82, 2.24) is 0 Å². The molecule has 0 heterocycles. The van der Waals surface area contributed by atoms with E-state index in [0.717, 1.165) is 116 Å². The van der Waals surface area contributed by atoms with Crippen molar-refractivity contribution in [2.45, 2.75) is 245 Å². The molecule has 0 spiro atoms. The molecule has 0 amide bonds. The summed E-state index contributed by atoms with van der Waals surface area (Å²) in [5, 5.41) is 0. The monoisotopic (exact) mass is 1030 g/mol. The highest BCUT2D eigenvalue weighted by molar-refractivity contribution is 5.71. The summed E-state index contributed by atoms with van der Waals surface area (Å²) >= 11 is 0. The van der Waals surface area contributed by atoms with Crippen molar-refractivity contribution in [3.8, 4) is 0 Å². The van der Waals surface area contributed by atoms with Gasteiger partial charge in [0.25, 0.3) is 0 Å². The van der Waals surface area contributed by atoms with Crippen molar-refractivity contribution in [3.05, 3.63) is 158 Å². The maximum Gasteiger partial charge on any atom is 0.306 e. The first-order valence-electron chi connectivity index (χ1n) is 30.0. The van der Waals surface area contributed by atoms with Gasteiger partial charge in [0.2, 0.25) is 0 Å². The second kappa shape index (κ2) is 61.6. The molecular weight excluding hydrogens is 925 g/mol. The lowest BCUT2D eigenvalue weighted by molar-refractivity contribution is -0.166. The molecule has 0 aromatic carbocycles. The first-order valence-corrected chi connectivity index (χ1v) is 30.0. The third kappa shape index (κ3) is 59.8. The fourth-order valence-electron chi connectivity index (χ4n) is 7.65. The molecule has 0 bridgehead atoms. The highest BCUT2D eigenvalue weighted by Crippen LogP contribution is 2.15. The zero-order valence-electron chi connectivity index (χ0n) is 48.0. The lowest BCUT2D eigenvalue weighted by Gasteiger charge is -2.18. The van der Waals surface area contributed by atoms with Crippen LogP contribution >= 0.6 is 0 Å². The topological polar surface area (TPSA) is 78.9 Å². The average Bonchev–Trinajstić information content (AvgIpc) is 3.41. The third-order valence-electron chi connectivity index (χ3n) is 12.0. The van der Waals surface area contributed by atoms with Crippen LogP contribution in [0.1, 0.15) is 239 Å². The summed E-state index contributed by atoms with van der Waals surface area (Å²) in [6, 6.07) is 0. The number of unbranched alkanes of at least 4 members (excludes halogenated alkanes) is 15. The van der Waals surface area contributed by atoms with Crippen molar-refractivity contribution in [2.24, 2.45) is 0 Å². The summed E-state index contributed by atoms with van der Waals surface area (Å²) in [4.78, 5) is 38.1. The van der Waals surface area contributed by atoms with Crippen LogP contribution in [0.3, 0.4) is 0 Å². The van der Waals surface area contributed by atoms with Gasteiger partial charge in [0, 0.05) is 19.3 Å². The third-order valence-corrected chi connectivity index (χ3v) is 12.0. The molecular formula is C69H108O6. The summed E-state index contributed by atoms with van der Waals surface area (Å²) in [5.41, 5.74) is 0. The molecule has 0 rings (SSSR count). The highest BCUT2D eigenvalue weighted by atomic mass is 16.6. The van der Waals surface area contributed by atoms with Gasteiger partial charge in [-0.25, -0.2) is 0 Å². The quantitative estimate of drug-likeness (QED) is 0.0261. The van der Waals surface area contributed by atoms with Crippen molar-refractivity contribution in [2.75, 3.05) is 13.2 Å². The maximum absolute atomic E-state index is 12.8. The van der Waals surface area contributed by atoms with E-state index in [1.54, 1.807) is 0 Å². The summed E-state index contributed by atoms with van der Waals surface area (Å²) in [5.74, 6) is -1.06. The zero-order valence-corrected chi connectivity index (χ0v) is 48.0. The molecule has 1 unspecified atom stereocenters. The second-order valence-electron chi connectivity index (χ2n) is 19.1. The zero-order chi connectivity index (χ0) is 54.3. The SMILES string of the molecule is CC/C=C\C/C=C\C/C=C\C/C=C\C/C=C\CCCCCCCCCCCCCCCC(=O)OCC(COC(=O)CC/C=C\C/C=C\C/C=C\C/C=C\CC)OC(=O)CCCC/C=C\C/C=C\C/C=C\C/C=C\CC. The highest BCUT2D eigenvalue weighted by Gasteiger charge is 2.19. The Balaban J connectivity index is 4.35. The van der Waals surface area contributed by atoms with Crippen LogP contribution in [0.25, 0.3) is 0 Å². The van der Waals surface area contributed by atoms with Crippen LogP contribution in [0, 0.1) is 0 Å². The maximum atomic E-state index is 12.8. The Morgan fingerprint density at radius 2 is 0.507 bits per heavy atom. The largest absolute Gasteiger partial charge is 0.462 e. The van der Waals surface area contributed by atoms with Crippen molar-refractivity contribution in [1.29, 1.82) is 0 Å². The predicted molar refractivity (Wildman–Crippen MR) is 325 cm³/mol. The normalized spacial score (nSPS) is 13.3. The Labute approximate surface area is 460 Å². The fourth-order valence-corrected chi connectivity index (χ4v) is 7.65. The molecule has 0 saturated heterocycles. The Hall–Kier alpha value is -4.97. The molecule has 75 heavy (non-hydrogen) atoms. The molecule has 6 heteroatoms. The van der Waals surface area contributed by atoms with Crippen LogP contribution in [-0.2, 0) is 28.6 Å². The van der Waals surface area contributed by atoms with Gasteiger partial charge in [0.15, 0.2) is 6.10 Å². The Bertz CT molecular complexity index is 1710. The number of carbonyl (C=O) groups is 3. The van der Waals surface area contributed by atoms with Crippen molar-refractivity contribution in [3.63, 3.8) is 0 Å². The number of rotatable bonds is 52. The van der Waals surface area contributed by atoms with Gasteiger partial charge >= 0.3 is 17.9 Å². The van der Waals surface area contributed by atoms with Crippen molar-refractivity contribution < 1.29 is 28.6 Å². The van der Waals surface area contributed by atoms with Gasteiger partial charge < -0.3 is 14.2 Å². The minimum Gasteiger partial charge on any atom is -0.462 e. The number of hydrogen-bond acceptors (Lipinski definition) is 6. The summed E-state index contributed by atoms with van der Waals surface area (Å²) < 4.78 is 16.7. The van der Waals surface area contributed by atoms with Crippen LogP contribution in [0.5, 0.6) is 0 Å². The molecule has 0 aliphatic rings. The van der Waals surface area contributed by atoms with Crippen LogP contribution < -0.4 is 0 Å². The molecule has 0 aliphatic heterocycles. The minimum atomic E-state index is -0.836. The molecule has 0 aromatic rings. The molecule has 420 valence electrons. The van der Waals surface area contributed by atoms with E-state index in [1.807, 2.05) is 12.2 Å². The summed E-state index contributed by atoms with van der Waals surface area (Å²) in [6.07, 6.45) is 89.9. The Morgan fingerprint density at radius 3 is 0.853 bits per heavy atom. The van der Waals surface area contributed by atoms with Gasteiger partial charge in [-0.05, 0) is 128 Å². The van der Waals surface area contributed by atoms with Crippen LogP contribution in [0.15, 0.2) is 158 Å². The molecule has 0 radical (unpaired) electrons. The molecule has 0 aromatic heterocycles.